The average Bonchev–Trinajstić information content (AvgIpc) is 2.94. The molecular formula is C4H10B3O6PS. The number of hydrogen-bond donors (Lipinski definition) is 3. The summed E-state index contributed by atoms with van der Waals surface area (Å²) in [6.45, 7) is -1.36. The van der Waals surface area contributed by atoms with E-state index < -0.39 is 18.2 Å². The topological polar surface area (TPSA) is 96.2 Å². The van der Waals surface area contributed by atoms with Crippen molar-refractivity contribution in [1.29, 1.82) is 0 Å². The van der Waals surface area contributed by atoms with Crippen molar-refractivity contribution in [2.24, 2.45) is 0 Å². The molecule has 0 aromatic heterocycles. The van der Waals surface area contributed by atoms with E-state index in [4.69, 9.17) is 18.7 Å². The summed E-state index contributed by atoms with van der Waals surface area (Å²) in [6.07, 6.45) is 0. The second-order valence-corrected chi connectivity index (χ2v) is 6.58. The van der Waals surface area contributed by atoms with Crippen LogP contribution in [0.25, 0.3) is 0 Å². The van der Waals surface area contributed by atoms with Gasteiger partial charge in [-0.2, -0.15) is 0 Å². The van der Waals surface area contributed by atoms with Crippen LogP contribution in [-0.4, -0.2) is 60.8 Å². The molecule has 0 amide bonds. The van der Waals surface area contributed by atoms with Gasteiger partial charge in [-0.3, -0.25) is 0 Å². The number of aliphatic hydroxyl groups is 2. The molecule has 0 radical (unpaired) electrons. The Morgan fingerprint density at radius 1 is 1.60 bits per heavy atom. The van der Waals surface area contributed by atoms with E-state index in [2.05, 4.69) is 0 Å². The normalized spacial score (nSPS) is 22.3. The Balaban J connectivity index is 2.41. The van der Waals surface area contributed by atoms with Crippen molar-refractivity contribution in [2.75, 3.05) is 13.2 Å². The minimum atomic E-state index is -3.72. The van der Waals surface area contributed by atoms with Gasteiger partial charge in [-0.05, 0) is 0 Å². The monoisotopic (exact) mass is 250 g/mol. The molecule has 0 saturated heterocycles. The van der Waals surface area contributed by atoms with Crippen LogP contribution in [0, 0.1) is 0 Å². The summed E-state index contributed by atoms with van der Waals surface area (Å²) in [4.78, 5) is 0. The van der Waals surface area contributed by atoms with Gasteiger partial charge in [0, 0.05) is 0 Å². The van der Waals surface area contributed by atoms with Crippen LogP contribution < -0.4 is 0 Å². The zero-order valence-corrected chi connectivity index (χ0v) is 9.78. The molecule has 0 bridgehead atoms. The molecule has 0 saturated carbocycles. The van der Waals surface area contributed by atoms with Crippen LogP contribution in [0.1, 0.15) is 0 Å². The van der Waals surface area contributed by atoms with E-state index in [-0.39, 0.29) is 24.9 Å². The molecule has 2 atom stereocenters. The third-order valence-corrected chi connectivity index (χ3v) is 4.11. The van der Waals surface area contributed by atoms with Crippen LogP contribution >= 0.6 is 18.5 Å². The van der Waals surface area contributed by atoms with Crippen LogP contribution in [0.2, 0.25) is 0 Å². The van der Waals surface area contributed by atoms with Gasteiger partial charge < -0.3 is 0 Å². The molecular weight excluding hydrogens is 240 g/mol. The number of hydrogen-bond acceptors (Lipinski definition) is 7. The van der Waals surface area contributed by atoms with Crippen molar-refractivity contribution in [3.8, 4) is 0 Å². The maximum absolute atomic E-state index is 11.6. The molecule has 1 rings (SSSR count). The van der Waals surface area contributed by atoms with E-state index >= 15 is 0 Å². The SMILES string of the molecule is BC(CO)OP(=O)(OCC1(O)B=B1)SO. The zero-order chi connectivity index (χ0) is 11.5. The van der Waals surface area contributed by atoms with Gasteiger partial charge in [0.1, 0.15) is 0 Å². The summed E-state index contributed by atoms with van der Waals surface area (Å²) in [5.41, 5.74) is 0. The standard InChI is InChI=1S/C4H10B3O6PS/c5-3(1-8)13-14(10,15-11)12-2-4(9)6-7-4/h3,8-9,11H,1-2,5H2. The van der Waals surface area contributed by atoms with Gasteiger partial charge in [0.2, 0.25) is 0 Å². The molecule has 0 spiro atoms. The first-order valence-electron chi connectivity index (χ1n) is 4.23. The van der Waals surface area contributed by atoms with Gasteiger partial charge in [0.05, 0.1) is 0 Å². The van der Waals surface area contributed by atoms with Gasteiger partial charge >= 0.3 is 92.9 Å². The Labute approximate surface area is 93.4 Å². The molecule has 0 aromatic carbocycles. The summed E-state index contributed by atoms with van der Waals surface area (Å²) in [7, 11) is 1.48. The van der Waals surface area contributed by atoms with Crippen molar-refractivity contribution in [3.63, 3.8) is 0 Å². The first-order chi connectivity index (χ1) is 6.93. The number of aliphatic hydroxyl groups excluding tert-OH is 1. The van der Waals surface area contributed by atoms with Gasteiger partial charge in [0.25, 0.3) is 0 Å². The van der Waals surface area contributed by atoms with Gasteiger partial charge in [-0.25, -0.2) is 0 Å². The number of rotatable bonds is 7. The summed E-state index contributed by atoms with van der Waals surface area (Å²) < 4.78 is 30.0. The van der Waals surface area contributed by atoms with Crippen molar-refractivity contribution >= 4 is 39.9 Å². The van der Waals surface area contributed by atoms with E-state index in [9.17, 15) is 9.67 Å². The average molecular weight is 250 g/mol. The van der Waals surface area contributed by atoms with Gasteiger partial charge in [0.15, 0.2) is 0 Å². The van der Waals surface area contributed by atoms with Crippen LogP contribution in [0.4, 0.5) is 0 Å². The van der Waals surface area contributed by atoms with Crippen molar-refractivity contribution in [3.05, 3.63) is 0 Å². The molecule has 2 unspecified atom stereocenters. The molecule has 82 valence electrons. The molecule has 0 aliphatic carbocycles. The summed E-state index contributed by atoms with van der Waals surface area (Å²) >= 11 is -0.0545. The van der Waals surface area contributed by atoms with E-state index in [0.717, 1.165) is 0 Å². The second kappa shape index (κ2) is 5.27. The fraction of sp³-hybridized carbons (Fsp3) is 1.00. The van der Waals surface area contributed by atoms with Crippen LogP contribution in [0.3, 0.4) is 0 Å². The maximum atomic E-state index is 11.6. The van der Waals surface area contributed by atoms with Crippen molar-refractivity contribution < 1.29 is 28.4 Å². The molecule has 6 nitrogen and oxygen atoms in total. The first-order valence-corrected chi connectivity index (χ1v) is 7.15. The van der Waals surface area contributed by atoms with Gasteiger partial charge in [-0.15, -0.1) is 0 Å². The van der Waals surface area contributed by atoms with E-state index in [1.165, 1.54) is 21.4 Å². The predicted octanol–water partition coefficient (Wildman–Crippen LogP) is -1.73. The quantitative estimate of drug-likeness (QED) is 0.280. The third-order valence-electron chi connectivity index (χ3n) is 1.67. The second-order valence-electron chi connectivity index (χ2n) is 3.23. The van der Waals surface area contributed by atoms with Crippen LogP contribution in [0.5, 0.6) is 0 Å². The molecule has 11 heteroatoms. The van der Waals surface area contributed by atoms with E-state index in [1.807, 2.05) is 0 Å². The Kier molecular flexibility index (Phi) is 4.79. The molecule has 1 aliphatic rings. The third kappa shape index (κ3) is 4.52. The molecule has 0 fully saturated rings. The Morgan fingerprint density at radius 2 is 2.20 bits per heavy atom. The van der Waals surface area contributed by atoms with E-state index in [0.29, 0.717) is 0 Å². The predicted molar refractivity (Wildman–Crippen MR) is 60.7 cm³/mol. The Hall–Kier alpha value is 0.575. The molecule has 1 heterocycles. The molecule has 1 aliphatic heterocycles. The molecule has 0 aromatic rings. The van der Waals surface area contributed by atoms with Crippen molar-refractivity contribution in [2.45, 2.75) is 11.4 Å². The Morgan fingerprint density at radius 3 is 2.60 bits per heavy atom. The van der Waals surface area contributed by atoms with Crippen LogP contribution in [-0.2, 0) is 13.6 Å². The fourth-order valence-corrected chi connectivity index (χ4v) is 2.58. The zero-order valence-electron chi connectivity index (χ0n) is 8.07. The minimum absolute atomic E-state index is 0.0545. The van der Waals surface area contributed by atoms with E-state index in [1.54, 1.807) is 0 Å². The fourth-order valence-electron chi connectivity index (χ4n) is 0.702. The summed E-state index contributed by atoms with van der Waals surface area (Å²) in [5, 5.41) is 16.8. The summed E-state index contributed by atoms with van der Waals surface area (Å²) in [6, 6.07) is -0.711. The molecule has 15 heavy (non-hydrogen) atoms. The Bertz CT molecular complexity index is 294. The van der Waals surface area contributed by atoms with Crippen LogP contribution in [0.15, 0.2) is 0 Å². The first kappa shape index (κ1) is 13.6. The molecule has 3 N–H and O–H groups in total. The summed E-state index contributed by atoms with van der Waals surface area (Å²) in [5.74, 6) is 0. The van der Waals surface area contributed by atoms with Crippen molar-refractivity contribution in [1.82, 2.24) is 0 Å². The van der Waals surface area contributed by atoms with Gasteiger partial charge in [-0.1, -0.05) is 0 Å².